The number of hydrogen-bond acceptors (Lipinski definition) is 2. The molecule has 0 saturated heterocycles. The minimum Gasteiger partial charge on any atom is -0.349 e. The molecule has 1 amide bonds. The number of aromatic amines is 1. The zero-order valence-electron chi connectivity index (χ0n) is 14.9. The molecule has 0 bridgehead atoms. The quantitative estimate of drug-likeness (QED) is 0.734. The van der Waals surface area contributed by atoms with Gasteiger partial charge in [0.2, 0.25) is 0 Å². The van der Waals surface area contributed by atoms with Crippen LogP contribution in [0, 0.1) is 5.82 Å². The van der Waals surface area contributed by atoms with E-state index in [0.29, 0.717) is 22.3 Å². The predicted molar refractivity (Wildman–Crippen MR) is 103 cm³/mol. The molecule has 27 heavy (non-hydrogen) atoms. The number of hydrogen-bond donors (Lipinski definition) is 2. The lowest BCUT2D eigenvalue weighted by Gasteiger charge is -2.30. The molecule has 4 rings (SSSR count). The predicted octanol–water partition coefficient (Wildman–Crippen LogP) is 4.12. The number of H-pyrrole nitrogens is 1. The van der Waals surface area contributed by atoms with Crippen molar-refractivity contribution in [2.24, 2.45) is 0 Å². The number of rotatable bonds is 3. The zero-order chi connectivity index (χ0) is 18.8. The Bertz CT molecular complexity index is 1030. The summed E-state index contributed by atoms with van der Waals surface area (Å²) in [6.45, 7) is 0. The number of carbonyl (C=O) groups excluding carboxylic acids is 1. The van der Waals surface area contributed by atoms with E-state index in [9.17, 15) is 14.0 Å². The Labute approximate surface area is 156 Å². The smallest absolute Gasteiger partial charge is 0.255 e. The van der Waals surface area contributed by atoms with Crippen molar-refractivity contribution in [1.29, 1.82) is 0 Å². The Balaban J connectivity index is 1.52. The van der Waals surface area contributed by atoms with E-state index >= 15 is 0 Å². The number of pyridine rings is 1. The van der Waals surface area contributed by atoms with E-state index in [2.05, 4.69) is 10.3 Å². The molecule has 2 N–H and O–H groups in total. The molecule has 0 radical (unpaired) electrons. The Morgan fingerprint density at radius 1 is 1.04 bits per heavy atom. The van der Waals surface area contributed by atoms with Crippen molar-refractivity contribution >= 4 is 16.7 Å². The standard InChI is InChI=1S/C22H21FN2O2/c23-16-10-8-14(9-11-16)15-4-3-5-17(12-15)25-22(27)20-13-24-21(26)19-7-2-1-6-18(19)20/h1-2,6-11,13,15,17H,3-5,12H2,(H,24,26)(H,25,27). The van der Waals surface area contributed by atoms with Gasteiger partial charge in [-0.2, -0.15) is 0 Å². The fourth-order valence-electron chi connectivity index (χ4n) is 4.02. The Morgan fingerprint density at radius 3 is 2.56 bits per heavy atom. The Morgan fingerprint density at radius 2 is 1.78 bits per heavy atom. The van der Waals surface area contributed by atoms with E-state index in [0.717, 1.165) is 31.2 Å². The van der Waals surface area contributed by atoms with Crippen LogP contribution in [-0.2, 0) is 0 Å². The molecule has 0 spiro atoms. The number of benzene rings is 2. The number of aromatic nitrogens is 1. The molecule has 5 heteroatoms. The molecular formula is C22H21FN2O2. The highest BCUT2D eigenvalue weighted by molar-refractivity contribution is 6.06. The first kappa shape index (κ1) is 17.5. The summed E-state index contributed by atoms with van der Waals surface area (Å²) in [6, 6.07) is 13.8. The lowest BCUT2D eigenvalue weighted by Crippen LogP contribution is -2.38. The van der Waals surface area contributed by atoms with Crippen molar-refractivity contribution in [2.45, 2.75) is 37.6 Å². The summed E-state index contributed by atoms with van der Waals surface area (Å²) >= 11 is 0. The van der Waals surface area contributed by atoms with E-state index < -0.39 is 0 Å². The molecule has 2 aromatic carbocycles. The monoisotopic (exact) mass is 364 g/mol. The van der Waals surface area contributed by atoms with E-state index in [4.69, 9.17) is 0 Å². The average molecular weight is 364 g/mol. The molecule has 0 aliphatic heterocycles. The molecule has 1 fully saturated rings. The molecule has 2 unspecified atom stereocenters. The molecule has 3 aromatic rings. The Hall–Kier alpha value is -2.95. The lowest BCUT2D eigenvalue weighted by molar-refractivity contribution is 0.0926. The first-order valence-corrected chi connectivity index (χ1v) is 9.28. The number of carbonyl (C=O) groups is 1. The van der Waals surface area contributed by atoms with Gasteiger partial charge in [-0.1, -0.05) is 36.8 Å². The molecule has 138 valence electrons. The van der Waals surface area contributed by atoms with Crippen LogP contribution in [0.4, 0.5) is 4.39 Å². The topological polar surface area (TPSA) is 62.0 Å². The van der Waals surface area contributed by atoms with Gasteiger partial charge in [-0.05, 0) is 48.9 Å². The summed E-state index contributed by atoms with van der Waals surface area (Å²) < 4.78 is 13.2. The molecule has 1 aliphatic rings. The maximum atomic E-state index is 13.2. The first-order valence-electron chi connectivity index (χ1n) is 9.28. The lowest BCUT2D eigenvalue weighted by atomic mass is 9.81. The summed E-state index contributed by atoms with van der Waals surface area (Å²) in [7, 11) is 0. The number of fused-ring (bicyclic) bond motifs is 1. The molecular weight excluding hydrogens is 343 g/mol. The highest BCUT2D eigenvalue weighted by Crippen LogP contribution is 2.33. The second-order valence-electron chi connectivity index (χ2n) is 7.16. The highest BCUT2D eigenvalue weighted by atomic mass is 19.1. The van der Waals surface area contributed by atoms with Gasteiger partial charge in [0.15, 0.2) is 0 Å². The van der Waals surface area contributed by atoms with Gasteiger partial charge >= 0.3 is 0 Å². The van der Waals surface area contributed by atoms with Gasteiger partial charge < -0.3 is 10.3 Å². The van der Waals surface area contributed by atoms with Gasteiger partial charge in [0, 0.05) is 23.0 Å². The molecule has 2 atom stereocenters. The largest absolute Gasteiger partial charge is 0.349 e. The van der Waals surface area contributed by atoms with Crippen molar-refractivity contribution in [3.63, 3.8) is 0 Å². The van der Waals surface area contributed by atoms with Gasteiger partial charge in [0.05, 0.1) is 5.56 Å². The van der Waals surface area contributed by atoms with E-state index in [1.807, 2.05) is 18.2 Å². The summed E-state index contributed by atoms with van der Waals surface area (Å²) in [4.78, 5) is 27.4. The maximum absolute atomic E-state index is 13.2. The van der Waals surface area contributed by atoms with Crippen LogP contribution >= 0.6 is 0 Å². The van der Waals surface area contributed by atoms with Crippen LogP contribution in [-0.4, -0.2) is 16.9 Å². The van der Waals surface area contributed by atoms with Gasteiger partial charge in [0.1, 0.15) is 5.82 Å². The molecule has 1 aliphatic carbocycles. The second-order valence-corrected chi connectivity index (χ2v) is 7.16. The van der Waals surface area contributed by atoms with Crippen molar-refractivity contribution in [2.75, 3.05) is 0 Å². The second kappa shape index (κ2) is 7.35. The van der Waals surface area contributed by atoms with Crippen molar-refractivity contribution in [1.82, 2.24) is 10.3 Å². The van der Waals surface area contributed by atoms with Crippen LogP contribution in [0.2, 0.25) is 0 Å². The summed E-state index contributed by atoms with van der Waals surface area (Å²) in [6.07, 6.45) is 5.29. The molecule has 1 aromatic heterocycles. The minimum atomic E-state index is -0.232. The fraction of sp³-hybridized carbons (Fsp3) is 0.273. The number of halogens is 1. The molecule has 4 nitrogen and oxygen atoms in total. The highest BCUT2D eigenvalue weighted by Gasteiger charge is 2.25. The van der Waals surface area contributed by atoms with Gasteiger partial charge in [-0.15, -0.1) is 0 Å². The molecule has 1 saturated carbocycles. The fourth-order valence-corrected chi connectivity index (χ4v) is 4.02. The van der Waals surface area contributed by atoms with Crippen LogP contribution in [0.1, 0.15) is 47.5 Å². The van der Waals surface area contributed by atoms with Gasteiger partial charge in [0.25, 0.3) is 11.5 Å². The van der Waals surface area contributed by atoms with Crippen LogP contribution in [0.5, 0.6) is 0 Å². The number of amides is 1. The van der Waals surface area contributed by atoms with E-state index in [1.165, 1.54) is 18.3 Å². The van der Waals surface area contributed by atoms with Crippen LogP contribution < -0.4 is 10.9 Å². The third-order valence-corrected chi connectivity index (χ3v) is 5.40. The van der Waals surface area contributed by atoms with Crippen molar-refractivity contribution < 1.29 is 9.18 Å². The molecule has 1 heterocycles. The Kier molecular flexibility index (Phi) is 4.75. The van der Waals surface area contributed by atoms with Crippen LogP contribution in [0.15, 0.2) is 59.5 Å². The van der Waals surface area contributed by atoms with Crippen molar-refractivity contribution in [3.8, 4) is 0 Å². The first-order chi connectivity index (χ1) is 13.1. The summed E-state index contributed by atoms with van der Waals surface area (Å²) in [5.41, 5.74) is 1.40. The minimum absolute atomic E-state index is 0.0620. The third-order valence-electron chi connectivity index (χ3n) is 5.40. The SMILES string of the molecule is O=C(NC1CCCC(c2ccc(F)cc2)C1)c1c[nH]c(=O)c2ccccc12. The number of nitrogens with one attached hydrogen (secondary N) is 2. The third kappa shape index (κ3) is 3.63. The van der Waals surface area contributed by atoms with E-state index in [1.54, 1.807) is 18.2 Å². The van der Waals surface area contributed by atoms with E-state index in [-0.39, 0.29) is 23.3 Å². The summed E-state index contributed by atoms with van der Waals surface area (Å²) in [5.74, 6) is -0.0893. The summed E-state index contributed by atoms with van der Waals surface area (Å²) in [5, 5.41) is 4.29. The van der Waals surface area contributed by atoms with Gasteiger partial charge in [-0.25, -0.2) is 4.39 Å². The van der Waals surface area contributed by atoms with Crippen LogP contribution in [0.25, 0.3) is 10.8 Å². The van der Waals surface area contributed by atoms with Crippen LogP contribution in [0.3, 0.4) is 0 Å². The van der Waals surface area contributed by atoms with Gasteiger partial charge in [-0.3, -0.25) is 9.59 Å². The average Bonchev–Trinajstić information content (AvgIpc) is 2.69. The zero-order valence-corrected chi connectivity index (χ0v) is 14.9. The van der Waals surface area contributed by atoms with Crippen molar-refractivity contribution in [3.05, 3.63) is 82.0 Å². The normalized spacial score (nSPS) is 19.7. The maximum Gasteiger partial charge on any atom is 0.255 e.